The highest BCUT2D eigenvalue weighted by atomic mass is 32.1. The van der Waals surface area contributed by atoms with Crippen molar-refractivity contribution in [3.63, 3.8) is 0 Å². The van der Waals surface area contributed by atoms with Crippen LogP contribution in [0.5, 0.6) is 0 Å². The van der Waals surface area contributed by atoms with Gasteiger partial charge in [0, 0.05) is 35.4 Å². The quantitative estimate of drug-likeness (QED) is 0.365. The summed E-state index contributed by atoms with van der Waals surface area (Å²) < 4.78 is 0. The van der Waals surface area contributed by atoms with Crippen molar-refractivity contribution >= 4 is 43.7 Å². The van der Waals surface area contributed by atoms with E-state index in [-0.39, 0.29) is 11.4 Å². The monoisotopic (exact) mass is 384 g/mol. The molecule has 0 spiro atoms. The summed E-state index contributed by atoms with van der Waals surface area (Å²) >= 11 is 2.66. The third-order valence-corrected chi connectivity index (χ3v) is 5.71. The zero-order chi connectivity index (χ0) is 18.3. The molecule has 2 aromatic carbocycles. The van der Waals surface area contributed by atoms with Crippen molar-refractivity contribution in [2.45, 2.75) is 0 Å². The molecule has 0 N–H and O–H groups in total. The fourth-order valence-corrected chi connectivity index (χ4v) is 4.43. The van der Waals surface area contributed by atoms with E-state index in [4.69, 9.17) is 0 Å². The number of nitro groups is 2. The predicted octanol–water partition coefficient (Wildman–Crippen LogP) is 4.90. The number of benzene rings is 2. The Bertz CT molecular complexity index is 1050. The van der Waals surface area contributed by atoms with Crippen LogP contribution >= 0.6 is 22.7 Å². The maximum atomic E-state index is 10.9. The van der Waals surface area contributed by atoms with Gasteiger partial charge in [0.15, 0.2) is 9.66 Å². The Morgan fingerprint density at radius 3 is 1.54 bits per heavy atom. The Kier molecular flexibility index (Phi) is 3.90. The lowest BCUT2D eigenvalue weighted by Gasteiger charge is -1.97. The van der Waals surface area contributed by atoms with E-state index in [1.807, 2.05) is 0 Å². The second-order valence-electron chi connectivity index (χ2n) is 5.26. The summed E-state index contributed by atoms with van der Waals surface area (Å²) in [4.78, 5) is 31.3. The van der Waals surface area contributed by atoms with Crippen LogP contribution in [0.4, 0.5) is 11.4 Å². The standard InChI is InChI=1S/C16H8N4O4S2/c21-19(22)11-5-1-3-9(7-11)13-17-15-16(25-13)18-14(26-15)10-4-2-6-12(8-10)20(23)24/h1-8H. The van der Waals surface area contributed by atoms with Crippen LogP contribution in [0.1, 0.15) is 0 Å². The normalized spacial score (nSPS) is 10.9. The van der Waals surface area contributed by atoms with Crippen molar-refractivity contribution in [2.24, 2.45) is 0 Å². The Balaban J connectivity index is 1.72. The fourth-order valence-electron chi connectivity index (χ4n) is 2.39. The van der Waals surface area contributed by atoms with Gasteiger partial charge >= 0.3 is 0 Å². The van der Waals surface area contributed by atoms with Gasteiger partial charge in [-0.05, 0) is 0 Å². The average molecular weight is 384 g/mol. The SMILES string of the molecule is O=[N+]([O-])c1cccc(-c2nc3sc(-c4cccc([N+](=O)[O-])c4)nc3s2)c1. The maximum absolute atomic E-state index is 10.9. The maximum Gasteiger partial charge on any atom is 0.270 e. The third-order valence-electron chi connectivity index (χ3n) is 3.58. The lowest BCUT2D eigenvalue weighted by Crippen LogP contribution is -1.87. The van der Waals surface area contributed by atoms with Crippen LogP contribution in [0.2, 0.25) is 0 Å². The Morgan fingerprint density at radius 1 is 0.731 bits per heavy atom. The molecule has 0 radical (unpaired) electrons. The molecule has 8 nitrogen and oxygen atoms in total. The summed E-state index contributed by atoms with van der Waals surface area (Å²) in [6.45, 7) is 0. The number of nitrogens with zero attached hydrogens (tertiary/aromatic N) is 4. The highest BCUT2D eigenvalue weighted by Gasteiger charge is 2.16. The second-order valence-corrected chi connectivity index (χ2v) is 7.22. The lowest BCUT2D eigenvalue weighted by atomic mass is 10.2. The third kappa shape index (κ3) is 2.91. The van der Waals surface area contributed by atoms with Crippen molar-refractivity contribution in [2.75, 3.05) is 0 Å². The number of nitro benzene ring substituents is 2. The van der Waals surface area contributed by atoms with Crippen LogP contribution in [-0.2, 0) is 0 Å². The predicted molar refractivity (Wildman–Crippen MR) is 99.5 cm³/mol. The van der Waals surface area contributed by atoms with Gasteiger partial charge in [0.05, 0.1) is 9.85 Å². The minimum Gasteiger partial charge on any atom is -0.258 e. The summed E-state index contributed by atoms with van der Waals surface area (Å²) in [5, 5.41) is 23.1. The van der Waals surface area contributed by atoms with E-state index in [0.717, 1.165) is 0 Å². The van der Waals surface area contributed by atoms with Crippen LogP contribution in [0.3, 0.4) is 0 Å². The zero-order valence-electron chi connectivity index (χ0n) is 12.9. The van der Waals surface area contributed by atoms with Gasteiger partial charge in [-0.25, -0.2) is 9.97 Å². The molecule has 2 heterocycles. The van der Waals surface area contributed by atoms with E-state index >= 15 is 0 Å². The van der Waals surface area contributed by atoms with Crippen molar-refractivity contribution in [1.29, 1.82) is 0 Å². The van der Waals surface area contributed by atoms with Crippen LogP contribution in [0, 0.1) is 20.2 Å². The molecule has 10 heteroatoms. The van der Waals surface area contributed by atoms with E-state index < -0.39 is 9.85 Å². The van der Waals surface area contributed by atoms with E-state index in [1.165, 1.54) is 46.9 Å². The first-order chi connectivity index (χ1) is 12.5. The summed E-state index contributed by atoms with van der Waals surface area (Å²) in [6, 6.07) is 12.6. The molecule has 0 saturated heterocycles. The molecule has 26 heavy (non-hydrogen) atoms. The molecule has 128 valence electrons. The van der Waals surface area contributed by atoms with Crippen LogP contribution < -0.4 is 0 Å². The molecule has 0 bridgehead atoms. The molecule has 0 aliphatic rings. The van der Waals surface area contributed by atoms with Gasteiger partial charge in [0.25, 0.3) is 11.4 Å². The van der Waals surface area contributed by atoms with Gasteiger partial charge in [-0.2, -0.15) is 0 Å². The molecule has 0 aliphatic heterocycles. The van der Waals surface area contributed by atoms with Gasteiger partial charge < -0.3 is 0 Å². The second kappa shape index (κ2) is 6.24. The van der Waals surface area contributed by atoms with Crippen molar-refractivity contribution in [1.82, 2.24) is 9.97 Å². The topological polar surface area (TPSA) is 112 Å². The van der Waals surface area contributed by atoms with Crippen molar-refractivity contribution in [3.05, 3.63) is 68.8 Å². The first-order valence-electron chi connectivity index (χ1n) is 7.28. The molecule has 0 aliphatic carbocycles. The summed E-state index contributed by atoms with van der Waals surface area (Å²) in [6.07, 6.45) is 0. The number of fused-ring (bicyclic) bond motifs is 1. The Morgan fingerprint density at radius 2 is 1.15 bits per heavy atom. The van der Waals surface area contributed by atoms with Crippen LogP contribution in [0.15, 0.2) is 48.5 Å². The first kappa shape index (κ1) is 16.2. The number of aromatic nitrogens is 2. The Hall–Kier alpha value is -3.24. The number of hydrogen-bond acceptors (Lipinski definition) is 8. The van der Waals surface area contributed by atoms with Gasteiger partial charge in [-0.3, -0.25) is 20.2 Å². The van der Waals surface area contributed by atoms with Crippen molar-refractivity contribution in [3.8, 4) is 21.1 Å². The van der Waals surface area contributed by atoms with Gasteiger partial charge in [-0.15, -0.1) is 0 Å². The number of thiazole rings is 2. The molecule has 0 fully saturated rings. The molecule has 4 rings (SSSR count). The first-order valence-corrected chi connectivity index (χ1v) is 8.91. The molecule has 0 amide bonds. The van der Waals surface area contributed by atoms with E-state index in [1.54, 1.807) is 24.3 Å². The smallest absolute Gasteiger partial charge is 0.258 e. The zero-order valence-corrected chi connectivity index (χ0v) is 14.5. The Labute approximate surface area is 153 Å². The van der Waals surface area contributed by atoms with E-state index in [2.05, 4.69) is 9.97 Å². The van der Waals surface area contributed by atoms with Gasteiger partial charge in [0.2, 0.25) is 0 Å². The van der Waals surface area contributed by atoms with Gasteiger partial charge in [-0.1, -0.05) is 46.9 Å². The number of non-ortho nitro benzene ring substituents is 2. The molecule has 0 unspecified atom stereocenters. The number of rotatable bonds is 4. The fraction of sp³-hybridized carbons (Fsp3) is 0. The van der Waals surface area contributed by atoms with Crippen LogP contribution in [0.25, 0.3) is 30.8 Å². The average Bonchev–Trinajstić information content (AvgIpc) is 3.21. The minimum absolute atomic E-state index is 0.00583. The van der Waals surface area contributed by atoms with Crippen LogP contribution in [-0.4, -0.2) is 19.8 Å². The molecule has 4 aromatic rings. The highest BCUT2D eigenvalue weighted by Crippen LogP contribution is 2.37. The summed E-state index contributed by atoms with van der Waals surface area (Å²) in [7, 11) is 0. The largest absolute Gasteiger partial charge is 0.270 e. The van der Waals surface area contributed by atoms with Gasteiger partial charge in [0.1, 0.15) is 10.0 Å². The number of hydrogen-bond donors (Lipinski definition) is 0. The molecular formula is C16H8N4O4S2. The van der Waals surface area contributed by atoms with Crippen molar-refractivity contribution < 1.29 is 9.85 Å². The summed E-state index contributed by atoms with van der Waals surface area (Å²) in [5.74, 6) is 0. The molecular weight excluding hydrogens is 376 g/mol. The molecule has 2 aromatic heterocycles. The van der Waals surface area contributed by atoms with E-state index in [9.17, 15) is 20.2 Å². The summed E-state index contributed by atoms with van der Waals surface area (Å²) in [5.41, 5.74) is 1.33. The molecule has 0 atom stereocenters. The minimum atomic E-state index is -0.446. The molecule has 0 saturated carbocycles. The lowest BCUT2D eigenvalue weighted by molar-refractivity contribution is -0.385. The highest BCUT2D eigenvalue weighted by molar-refractivity contribution is 7.29. The van der Waals surface area contributed by atoms with E-state index in [0.29, 0.717) is 30.8 Å².